The number of rotatable bonds is 4. The first-order valence-corrected chi connectivity index (χ1v) is 11.4. The lowest BCUT2D eigenvalue weighted by Crippen LogP contribution is -2.57. The normalized spacial score (nSPS) is 44.6. The highest BCUT2D eigenvalue weighted by molar-refractivity contribution is 7.19. The van der Waals surface area contributed by atoms with Crippen LogP contribution in [-0.4, -0.2) is 28.8 Å². The highest BCUT2D eigenvalue weighted by atomic mass is 31.0. The highest BCUT2D eigenvalue weighted by Crippen LogP contribution is 2.61. The fraction of sp³-hybridized carbons (Fsp3) is 0.818. The maximum absolute atomic E-state index is 12.8. The Hall–Kier alpha value is -0.730. The van der Waals surface area contributed by atoms with Gasteiger partial charge in [0.05, 0.1) is 0 Å². The monoisotopic (exact) mass is 392 g/mol. The van der Waals surface area contributed by atoms with Crippen molar-refractivity contribution in [3.8, 4) is 0 Å². The third-order valence-corrected chi connectivity index (χ3v) is 8.36. The summed E-state index contributed by atoms with van der Waals surface area (Å²) in [5, 5.41) is -0.765. The number of hydrogen-bond donors (Lipinski definition) is 0. The van der Waals surface area contributed by atoms with Crippen molar-refractivity contribution in [1.29, 1.82) is 0 Å². The van der Waals surface area contributed by atoms with Gasteiger partial charge >= 0.3 is 5.97 Å². The number of ether oxygens (including phenoxy) is 2. The molecule has 0 N–H and O–H groups in total. The lowest BCUT2D eigenvalue weighted by Gasteiger charge is -2.49. The molecule has 7 unspecified atom stereocenters. The predicted molar refractivity (Wildman–Crippen MR) is 107 cm³/mol. The van der Waals surface area contributed by atoms with Gasteiger partial charge in [-0.2, -0.15) is 0 Å². The minimum Gasteiger partial charge on any atom is -0.455 e. The Morgan fingerprint density at radius 3 is 2.70 bits per heavy atom. The zero-order valence-electron chi connectivity index (χ0n) is 16.6. The molecule has 2 aliphatic carbocycles. The van der Waals surface area contributed by atoms with E-state index in [9.17, 15) is 9.59 Å². The number of ketones is 1. The lowest BCUT2D eigenvalue weighted by atomic mass is 9.73. The van der Waals surface area contributed by atoms with E-state index in [1.54, 1.807) is 6.08 Å². The third-order valence-electron chi connectivity index (χ3n) is 7.71. The molecule has 5 heteroatoms. The predicted octanol–water partition coefficient (Wildman–Crippen LogP) is 4.42. The van der Waals surface area contributed by atoms with Crippen LogP contribution < -0.4 is 0 Å². The molecule has 4 fully saturated rings. The molecular weight excluding hydrogens is 359 g/mol. The van der Waals surface area contributed by atoms with E-state index in [1.165, 1.54) is 32.1 Å². The topological polar surface area (TPSA) is 52.6 Å². The number of carbonyl (C=O) groups is 2. The van der Waals surface area contributed by atoms with Crippen molar-refractivity contribution >= 4 is 21.0 Å². The average Bonchev–Trinajstić information content (AvgIpc) is 3.17. The molecular formula is C22H33O4P. The van der Waals surface area contributed by atoms with E-state index in [0.717, 1.165) is 19.3 Å². The fourth-order valence-corrected chi connectivity index (χ4v) is 6.97. The van der Waals surface area contributed by atoms with E-state index >= 15 is 0 Å². The minimum atomic E-state index is -0.765. The first kappa shape index (κ1) is 19.6. The summed E-state index contributed by atoms with van der Waals surface area (Å²) in [6.07, 6.45) is 12.9. The molecule has 2 bridgehead atoms. The molecule has 2 saturated carbocycles. The number of hydrogen-bond acceptors (Lipinski definition) is 4. The number of esters is 1. The van der Waals surface area contributed by atoms with Gasteiger partial charge in [0.2, 0.25) is 0 Å². The lowest BCUT2D eigenvalue weighted by molar-refractivity contribution is -0.212. The Morgan fingerprint density at radius 1 is 1.26 bits per heavy atom. The molecule has 27 heavy (non-hydrogen) atoms. The van der Waals surface area contributed by atoms with Gasteiger partial charge in [0.25, 0.3) is 0 Å². The highest BCUT2D eigenvalue weighted by Gasteiger charge is 2.69. The molecule has 2 heterocycles. The first-order chi connectivity index (χ1) is 12.9. The van der Waals surface area contributed by atoms with Crippen LogP contribution in [-0.2, 0) is 19.1 Å². The van der Waals surface area contributed by atoms with Crippen LogP contribution in [0.3, 0.4) is 0 Å². The summed E-state index contributed by atoms with van der Waals surface area (Å²) < 4.78 is 12.3. The second kappa shape index (κ2) is 7.26. The molecule has 7 atom stereocenters. The number of Topliss-reactive ketones (excluding diaryl/α,β-unsaturated/α-hetero) is 1. The summed E-state index contributed by atoms with van der Waals surface area (Å²) in [5.41, 5.74) is -0.711. The van der Waals surface area contributed by atoms with Crippen molar-refractivity contribution in [3.05, 3.63) is 12.2 Å². The quantitative estimate of drug-likeness (QED) is 0.404. The van der Waals surface area contributed by atoms with Crippen LogP contribution in [0.2, 0.25) is 0 Å². The van der Waals surface area contributed by atoms with Crippen LogP contribution in [0.15, 0.2) is 12.2 Å². The van der Waals surface area contributed by atoms with Crippen molar-refractivity contribution in [2.45, 2.75) is 88.7 Å². The zero-order valence-corrected chi connectivity index (χ0v) is 17.8. The zero-order chi connectivity index (χ0) is 19.2. The van der Waals surface area contributed by atoms with E-state index in [2.05, 4.69) is 16.2 Å². The van der Waals surface area contributed by atoms with Gasteiger partial charge in [-0.3, -0.25) is 4.79 Å². The molecule has 0 spiro atoms. The van der Waals surface area contributed by atoms with Gasteiger partial charge in [0.15, 0.2) is 5.78 Å². The minimum absolute atomic E-state index is 0.159. The third kappa shape index (κ3) is 3.31. The average molecular weight is 392 g/mol. The maximum atomic E-state index is 12.8. The van der Waals surface area contributed by atoms with E-state index < -0.39 is 10.9 Å². The number of fused-ring (bicyclic) bond motifs is 4. The summed E-state index contributed by atoms with van der Waals surface area (Å²) in [5.74, 6) is 1.25. The largest absolute Gasteiger partial charge is 0.455 e. The van der Waals surface area contributed by atoms with E-state index in [0.29, 0.717) is 18.3 Å². The molecule has 0 aromatic rings. The van der Waals surface area contributed by atoms with Gasteiger partial charge in [-0.05, 0) is 44.4 Å². The van der Waals surface area contributed by atoms with E-state index in [1.807, 2.05) is 13.0 Å². The van der Waals surface area contributed by atoms with Gasteiger partial charge in [-0.1, -0.05) is 47.9 Å². The molecule has 4 aliphatic rings. The second-order valence-electron chi connectivity index (χ2n) is 9.31. The van der Waals surface area contributed by atoms with Gasteiger partial charge in [-0.15, -0.1) is 0 Å². The molecule has 0 aromatic heterocycles. The van der Waals surface area contributed by atoms with Gasteiger partial charge in [0, 0.05) is 24.3 Å². The van der Waals surface area contributed by atoms with Crippen molar-refractivity contribution in [2.24, 2.45) is 23.7 Å². The SMILES string of the molecule is CCC1CCC2C1C(OC(=O)/C=C/C1CCCCC1)C1(P)CC(=O)C2(C)O1. The summed E-state index contributed by atoms with van der Waals surface area (Å²) in [6.45, 7) is 4.16. The van der Waals surface area contributed by atoms with Crippen molar-refractivity contribution in [1.82, 2.24) is 0 Å². The molecule has 4 nitrogen and oxygen atoms in total. The standard InChI is InChI=1S/C22H33O4P/c1-3-15-10-11-16-19(15)20(22(27)13-17(23)21(16,2)26-22)25-18(24)12-9-14-7-5-4-6-8-14/h9,12,14-16,19-20H,3-8,10-11,13,27H2,1-2H3/b12-9+. The molecule has 4 rings (SSSR count). The molecule has 150 valence electrons. The summed E-state index contributed by atoms with van der Waals surface area (Å²) in [7, 11) is 2.73. The first-order valence-electron chi connectivity index (χ1n) is 10.8. The van der Waals surface area contributed by atoms with E-state index in [-0.39, 0.29) is 29.7 Å². The summed E-state index contributed by atoms with van der Waals surface area (Å²) >= 11 is 0. The molecule has 0 amide bonds. The van der Waals surface area contributed by atoms with Crippen molar-refractivity contribution in [2.75, 3.05) is 0 Å². The molecule has 0 radical (unpaired) electrons. The molecule has 2 aliphatic heterocycles. The fourth-order valence-electron chi connectivity index (χ4n) is 6.25. The number of allylic oxidation sites excluding steroid dienone is 1. The second-order valence-corrected chi connectivity index (χ2v) is 10.3. The van der Waals surface area contributed by atoms with Crippen LogP contribution in [0.25, 0.3) is 0 Å². The van der Waals surface area contributed by atoms with Crippen LogP contribution in [0.5, 0.6) is 0 Å². The molecule has 2 saturated heterocycles. The van der Waals surface area contributed by atoms with Crippen LogP contribution in [0.1, 0.15) is 71.6 Å². The molecule has 0 aromatic carbocycles. The Balaban J connectivity index is 1.54. The van der Waals surface area contributed by atoms with Crippen molar-refractivity contribution in [3.63, 3.8) is 0 Å². The Kier molecular flexibility index (Phi) is 5.27. The van der Waals surface area contributed by atoms with Gasteiger partial charge in [0.1, 0.15) is 17.0 Å². The summed E-state index contributed by atoms with van der Waals surface area (Å²) in [6, 6.07) is 0. The smallest absolute Gasteiger partial charge is 0.330 e. The summed E-state index contributed by atoms with van der Waals surface area (Å²) in [4.78, 5) is 25.4. The maximum Gasteiger partial charge on any atom is 0.330 e. The van der Waals surface area contributed by atoms with Gasteiger partial charge < -0.3 is 9.47 Å². The Morgan fingerprint density at radius 2 is 2.00 bits per heavy atom. The van der Waals surface area contributed by atoms with Crippen LogP contribution in [0, 0.1) is 23.7 Å². The Labute approximate surface area is 165 Å². The van der Waals surface area contributed by atoms with Crippen molar-refractivity contribution < 1.29 is 19.1 Å². The van der Waals surface area contributed by atoms with E-state index in [4.69, 9.17) is 9.47 Å². The van der Waals surface area contributed by atoms with Gasteiger partial charge in [-0.25, -0.2) is 4.79 Å². The van der Waals surface area contributed by atoms with Crippen LogP contribution in [0.4, 0.5) is 0 Å². The van der Waals surface area contributed by atoms with Crippen LogP contribution >= 0.6 is 9.24 Å². The number of carbonyl (C=O) groups excluding carboxylic acids is 2. The Bertz CT molecular complexity index is 640.